The highest BCUT2D eigenvalue weighted by Gasteiger charge is 2.61. The Morgan fingerprint density at radius 2 is 1.80 bits per heavy atom. The standard InChI is InChI=1S/C11H17NO3/c13-8-4-11(5-9(8)14)7-2-1-6(3-7)10(11)12-15/h6-9,13-15H,1-5H2/b12-10-/t6-,7+,8+,9+/m1/s1. The fourth-order valence-corrected chi connectivity index (χ4v) is 4.17. The Morgan fingerprint density at radius 1 is 1.13 bits per heavy atom. The summed E-state index contributed by atoms with van der Waals surface area (Å²) in [5, 5.41) is 31.9. The maximum atomic E-state index is 9.68. The summed E-state index contributed by atoms with van der Waals surface area (Å²) in [5.41, 5.74) is 0.672. The minimum atomic E-state index is -0.638. The van der Waals surface area contributed by atoms with Gasteiger partial charge >= 0.3 is 0 Å². The van der Waals surface area contributed by atoms with Gasteiger partial charge in [0.2, 0.25) is 0 Å². The molecule has 0 saturated heterocycles. The van der Waals surface area contributed by atoms with E-state index in [4.69, 9.17) is 5.21 Å². The third-order valence-corrected chi connectivity index (χ3v) is 4.81. The zero-order valence-corrected chi connectivity index (χ0v) is 8.63. The number of fused-ring (bicyclic) bond motifs is 3. The number of hydrogen-bond donors (Lipinski definition) is 3. The van der Waals surface area contributed by atoms with Crippen LogP contribution >= 0.6 is 0 Å². The molecule has 0 aromatic carbocycles. The molecule has 1 spiro atoms. The molecule has 4 heteroatoms. The van der Waals surface area contributed by atoms with Crippen LogP contribution in [0.1, 0.15) is 32.1 Å². The van der Waals surface area contributed by atoms with Gasteiger partial charge in [0.25, 0.3) is 0 Å². The van der Waals surface area contributed by atoms with Gasteiger partial charge < -0.3 is 15.4 Å². The summed E-state index contributed by atoms with van der Waals surface area (Å²) in [7, 11) is 0. The van der Waals surface area contributed by atoms with Crippen molar-refractivity contribution in [3.63, 3.8) is 0 Å². The molecule has 2 bridgehead atoms. The van der Waals surface area contributed by atoms with Crippen molar-refractivity contribution >= 4 is 5.71 Å². The monoisotopic (exact) mass is 211 g/mol. The molecule has 4 nitrogen and oxygen atoms in total. The van der Waals surface area contributed by atoms with Crippen LogP contribution in [0.15, 0.2) is 5.16 Å². The van der Waals surface area contributed by atoms with Crippen LogP contribution in [0.5, 0.6) is 0 Å². The molecular formula is C11H17NO3. The van der Waals surface area contributed by atoms with E-state index in [1.165, 1.54) is 0 Å². The van der Waals surface area contributed by atoms with Crippen LogP contribution in [-0.2, 0) is 0 Å². The summed E-state index contributed by atoms with van der Waals surface area (Å²) in [6.07, 6.45) is 3.23. The highest BCUT2D eigenvalue weighted by atomic mass is 16.4. The van der Waals surface area contributed by atoms with Gasteiger partial charge in [-0.25, -0.2) is 0 Å². The van der Waals surface area contributed by atoms with E-state index in [-0.39, 0.29) is 5.41 Å². The quantitative estimate of drug-likeness (QED) is 0.409. The lowest BCUT2D eigenvalue weighted by Gasteiger charge is -2.34. The Kier molecular flexibility index (Phi) is 1.89. The van der Waals surface area contributed by atoms with Gasteiger partial charge in [-0.15, -0.1) is 0 Å². The molecule has 3 rings (SSSR count). The highest BCUT2D eigenvalue weighted by molar-refractivity contribution is 5.95. The number of hydrogen-bond acceptors (Lipinski definition) is 4. The van der Waals surface area contributed by atoms with Gasteiger partial charge in [-0.2, -0.15) is 0 Å². The molecule has 84 valence electrons. The van der Waals surface area contributed by atoms with Gasteiger partial charge in [-0.05, 0) is 38.0 Å². The van der Waals surface area contributed by atoms with Gasteiger partial charge in [0.1, 0.15) is 0 Å². The first-order valence-corrected chi connectivity index (χ1v) is 5.76. The Balaban J connectivity index is 1.98. The lowest BCUT2D eigenvalue weighted by molar-refractivity contribution is 0.0438. The largest absolute Gasteiger partial charge is 0.411 e. The van der Waals surface area contributed by atoms with Crippen LogP contribution in [0.4, 0.5) is 0 Å². The van der Waals surface area contributed by atoms with E-state index in [9.17, 15) is 10.2 Å². The molecule has 3 fully saturated rings. The van der Waals surface area contributed by atoms with Crippen molar-refractivity contribution in [1.82, 2.24) is 0 Å². The van der Waals surface area contributed by atoms with Crippen molar-refractivity contribution in [1.29, 1.82) is 0 Å². The van der Waals surface area contributed by atoms with Gasteiger partial charge in [-0.1, -0.05) is 5.16 Å². The number of aliphatic hydroxyl groups excluding tert-OH is 2. The van der Waals surface area contributed by atoms with Gasteiger partial charge in [-0.3, -0.25) is 0 Å². The third-order valence-electron chi connectivity index (χ3n) is 4.81. The van der Waals surface area contributed by atoms with Crippen LogP contribution in [0.2, 0.25) is 0 Å². The maximum absolute atomic E-state index is 9.68. The lowest BCUT2D eigenvalue weighted by Crippen LogP contribution is -2.35. The third kappa shape index (κ3) is 1.06. The molecule has 0 amide bonds. The van der Waals surface area contributed by atoms with Crippen molar-refractivity contribution in [2.75, 3.05) is 0 Å². The summed E-state index contributed by atoms with van der Waals surface area (Å²) in [4.78, 5) is 0. The molecule has 4 atom stereocenters. The van der Waals surface area contributed by atoms with Crippen LogP contribution in [-0.4, -0.2) is 33.3 Å². The summed E-state index contributed by atoms with van der Waals surface area (Å²) in [5.74, 6) is 0.915. The average molecular weight is 211 g/mol. The van der Waals surface area contributed by atoms with Gasteiger partial charge in [0, 0.05) is 11.3 Å². The van der Waals surface area contributed by atoms with Gasteiger partial charge in [0.15, 0.2) is 0 Å². The highest BCUT2D eigenvalue weighted by Crippen LogP contribution is 2.60. The minimum Gasteiger partial charge on any atom is -0.411 e. The second-order valence-corrected chi connectivity index (χ2v) is 5.39. The summed E-state index contributed by atoms with van der Waals surface area (Å²) >= 11 is 0. The van der Waals surface area contributed by atoms with Crippen LogP contribution < -0.4 is 0 Å². The Morgan fingerprint density at radius 3 is 2.40 bits per heavy atom. The van der Waals surface area contributed by atoms with Crippen molar-refractivity contribution in [2.24, 2.45) is 22.4 Å². The van der Waals surface area contributed by atoms with Crippen molar-refractivity contribution in [3.05, 3.63) is 0 Å². The van der Waals surface area contributed by atoms with Crippen LogP contribution in [0.3, 0.4) is 0 Å². The molecule has 0 radical (unpaired) electrons. The van der Waals surface area contributed by atoms with E-state index in [1.54, 1.807) is 0 Å². The van der Waals surface area contributed by atoms with E-state index >= 15 is 0 Å². The van der Waals surface area contributed by atoms with Crippen molar-refractivity contribution in [2.45, 2.75) is 44.3 Å². The van der Waals surface area contributed by atoms with Crippen LogP contribution in [0, 0.1) is 17.3 Å². The molecule has 0 heterocycles. The summed E-state index contributed by atoms with van der Waals surface area (Å²) < 4.78 is 0. The predicted octanol–water partition coefficient (Wildman–Crippen LogP) is 0.748. The first-order valence-electron chi connectivity index (χ1n) is 5.76. The van der Waals surface area contributed by atoms with E-state index in [2.05, 4.69) is 5.16 Å². The number of nitrogens with zero attached hydrogens (tertiary/aromatic N) is 1. The smallest absolute Gasteiger partial charge is 0.0808 e. The molecule has 3 aliphatic rings. The van der Waals surface area contributed by atoms with E-state index in [1.807, 2.05) is 0 Å². The van der Waals surface area contributed by atoms with Gasteiger partial charge in [0.05, 0.1) is 17.9 Å². The van der Waals surface area contributed by atoms with E-state index < -0.39 is 12.2 Å². The minimum absolute atomic E-state index is 0.184. The first kappa shape index (κ1) is 9.60. The Bertz CT molecular complexity index is 305. The predicted molar refractivity (Wildman–Crippen MR) is 53.7 cm³/mol. The summed E-state index contributed by atoms with van der Waals surface area (Å²) in [6.45, 7) is 0. The van der Waals surface area contributed by atoms with Crippen molar-refractivity contribution < 1.29 is 15.4 Å². The summed E-state index contributed by atoms with van der Waals surface area (Å²) in [6, 6.07) is 0. The number of rotatable bonds is 0. The molecule has 15 heavy (non-hydrogen) atoms. The topological polar surface area (TPSA) is 73.1 Å². The van der Waals surface area contributed by atoms with Crippen molar-refractivity contribution in [3.8, 4) is 0 Å². The molecule has 0 aromatic rings. The first-order chi connectivity index (χ1) is 7.17. The van der Waals surface area contributed by atoms with E-state index in [0.29, 0.717) is 24.7 Å². The molecule has 3 N–H and O–H groups in total. The number of oxime groups is 1. The molecule has 3 aliphatic carbocycles. The lowest BCUT2D eigenvalue weighted by atomic mass is 9.70. The molecule has 0 aliphatic heterocycles. The molecular weight excluding hydrogens is 194 g/mol. The fraction of sp³-hybridized carbons (Fsp3) is 0.909. The normalized spacial score (nSPS) is 49.6. The molecule has 3 saturated carbocycles. The molecule has 0 aromatic heterocycles. The van der Waals surface area contributed by atoms with E-state index in [0.717, 1.165) is 25.0 Å². The second kappa shape index (κ2) is 2.95. The number of aliphatic hydroxyl groups is 2. The zero-order chi connectivity index (χ0) is 10.6. The second-order valence-electron chi connectivity index (χ2n) is 5.39. The average Bonchev–Trinajstić information content (AvgIpc) is 2.82. The molecule has 0 unspecified atom stereocenters. The zero-order valence-electron chi connectivity index (χ0n) is 8.63. The van der Waals surface area contributed by atoms with Crippen LogP contribution in [0.25, 0.3) is 0 Å². The fourth-order valence-electron chi connectivity index (χ4n) is 4.17. The Hall–Kier alpha value is -0.610. The Labute approximate surface area is 88.6 Å². The SMILES string of the molecule is O/N=C1/[C@@H]2CC[C@@H](C2)C12C[C@H](O)[C@@H](O)C2. The maximum Gasteiger partial charge on any atom is 0.0808 e.